The van der Waals surface area contributed by atoms with Crippen LogP contribution >= 0.6 is 11.8 Å². The molecule has 0 fully saturated rings. The van der Waals surface area contributed by atoms with Crippen LogP contribution in [-0.2, 0) is 5.75 Å². The van der Waals surface area contributed by atoms with Gasteiger partial charge in [0.25, 0.3) is 0 Å². The minimum Gasteiger partial charge on any atom is -0.496 e. The normalized spacial score (nSPS) is 9.58. The largest absolute Gasteiger partial charge is 0.496 e. The van der Waals surface area contributed by atoms with Gasteiger partial charge in [-0.15, -0.1) is 11.8 Å². The third-order valence-electron chi connectivity index (χ3n) is 2.45. The zero-order valence-corrected chi connectivity index (χ0v) is 12.0. The summed E-state index contributed by atoms with van der Waals surface area (Å²) in [6.45, 7) is 0. The number of ether oxygens (including phenoxy) is 3. The number of nitrogens with one attached hydrogen (secondary N) is 1. The smallest absolute Gasteiger partial charge is 0.130 e. The molecule has 1 aromatic rings. The SMILES string of the molecule is COc1cc(OC)c(CSC(=N)CC#N)c(OC)c1. The second kappa shape index (κ2) is 7.54. The lowest BCUT2D eigenvalue weighted by molar-refractivity contribution is 0.371. The van der Waals surface area contributed by atoms with Crippen molar-refractivity contribution in [1.82, 2.24) is 0 Å². The molecule has 6 heteroatoms. The van der Waals surface area contributed by atoms with Gasteiger partial charge in [-0.1, -0.05) is 0 Å². The first-order valence-corrected chi connectivity index (χ1v) is 6.50. The molecule has 0 unspecified atom stereocenters. The summed E-state index contributed by atoms with van der Waals surface area (Å²) < 4.78 is 15.8. The highest BCUT2D eigenvalue weighted by atomic mass is 32.2. The summed E-state index contributed by atoms with van der Waals surface area (Å²) >= 11 is 1.29. The first kappa shape index (κ1) is 15.2. The Morgan fingerprint density at radius 1 is 1.21 bits per heavy atom. The van der Waals surface area contributed by atoms with Gasteiger partial charge in [-0.25, -0.2) is 0 Å². The summed E-state index contributed by atoms with van der Waals surface area (Å²) in [7, 11) is 4.72. The highest BCUT2D eigenvalue weighted by molar-refractivity contribution is 8.13. The summed E-state index contributed by atoms with van der Waals surface area (Å²) in [5, 5.41) is 16.5. The molecule has 102 valence electrons. The minimum absolute atomic E-state index is 0.117. The lowest BCUT2D eigenvalue weighted by Crippen LogP contribution is -1.99. The van der Waals surface area contributed by atoms with Crippen LogP contribution in [0.25, 0.3) is 0 Å². The standard InChI is InChI=1S/C13H16N2O3S/c1-16-9-6-11(17-2)10(12(7-9)18-3)8-19-13(15)4-5-14/h6-7,15H,4,8H2,1-3H3. The molecular formula is C13H16N2O3S. The van der Waals surface area contributed by atoms with E-state index in [9.17, 15) is 0 Å². The summed E-state index contributed by atoms with van der Waals surface area (Å²) in [6.07, 6.45) is 0.117. The Morgan fingerprint density at radius 2 is 1.79 bits per heavy atom. The topological polar surface area (TPSA) is 75.3 Å². The van der Waals surface area contributed by atoms with Crippen molar-refractivity contribution >= 4 is 16.8 Å². The second-order valence-electron chi connectivity index (χ2n) is 3.56. The molecule has 0 radical (unpaired) electrons. The molecule has 0 heterocycles. The van der Waals surface area contributed by atoms with Crippen LogP contribution in [0.15, 0.2) is 12.1 Å². The number of rotatable bonds is 6. The Kier molecular flexibility index (Phi) is 6.03. The molecule has 0 aliphatic carbocycles. The molecule has 0 saturated carbocycles. The van der Waals surface area contributed by atoms with Gasteiger partial charge in [0, 0.05) is 23.4 Å². The molecule has 1 aromatic carbocycles. The molecule has 0 saturated heterocycles. The Morgan fingerprint density at radius 3 is 2.21 bits per heavy atom. The Labute approximate surface area is 117 Å². The second-order valence-corrected chi connectivity index (χ2v) is 4.63. The van der Waals surface area contributed by atoms with Crippen molar-refractivity contribution in [3.05, 3.63) is 17.7 Å². The molecule has 19 heavy (non-hydrogen) atoms. The highest BCUT2D eigenvalue weighted by Gasteiger charge is 2.14. The van der Waals surface area contributed by atoms with Crippen molar-refractivity contribution < 1.29 is 14.2 Å². The van der Waals surface area contributed by atoms with E-state index >= 15 is 0 Å². The quantitative estimate of drug-likeness (QED) is 0.640. The fourth-order valence-electron chi connectivity index (χ4n) is 1.50. The summed E-state index contributed by atoms with van der Waals surface area (Å²) in [5.74, 6) is 2.45. The summed E-state index contributed by atoms with van der Waals surface area (Å²) in [5.41, 5.74) is 0.846. The van der Waals surface area contributed by atoms with E-state index in [0.717, 1.165) is 5.56 Å². The molecule has 0 bridgehead atoms. The van der Waals surface area contributed by atoms with Crippen molar-refractivity contribution in [2.45, 2.75) is 12.2 Å². The Bertz CT molecular complexity index is 472. The molecule has 0 aliphatic heterocycles. The molecule has 0 aliphatic rings. The summed E-state index contributed by atoms with van der Waals surface area (Å²) in [6, 6.07) is 5.49. The lowest BCUT2D eigenvalue weighted by Gasteiger charge is -2.14. The van der Waals surface area contributed by atoms with Gasteiger partial charge < -0.3 is 14.2 Å². The van der Waals surface area contributed by atoms with Gasteiger partial charge in [-0.05, 0) is 0 Å². The van der Waals surface area contributed by atoms with Crippen LogP contribution in [0.5, 0.6) is 17.2 Å². The molecule has 1 N–H and O–H groups in total. The fraction of sp³-hybridized carbons (Fsp3) is 0.385. The van der Waals surface area contributed by atoms with E-state index in [4.69, 9.17) is 24.9 Å². The van der Waals surface area contributed by atoms with Crippen LogP contribution < -0.4 is 14.2 Å². The maximum atomic E-state index is 8.53. The predicted octanol–water partition coefficient (Wildman–Crippen LogP) is 2.84. The Balaban J connectivity index is 2.97. The molecule has 0 amide bonds. The minimum atomic E-state index is 0.117. The van der Waals surface area contributed by atoms with E-state index in [0.29, 0.717) is 28.0 Å². The number of nitrogens with zero attached hydrogens (tertiary/aromatic N) is 1. The van der Waals surface area contributed by atoms with E-state index in [1.807, 2.05) is 6.07 Å². The average Bonchev–Trinajstić information content (AvgIpc) is 2.44. The Hall–Kier alpha value is -1.87. The van der Waals surface area contributed by atoms with Crippen molar-refractivity contribution in [1.29, 1.82) is 10.7 Å². The van der Waals surface area contributed by atoms with Gasteiger partial charge in [0.15, 0.2) is 0 Å². The molecule has 1 rings (SSSR count). The monoisotopic (exact) mass is 280 g/mol. The molecule has 0 aromatic heterocycles. The van der Waals surface area contributed by atoms with Gasteiger partial charge in [-0.2, -0.15) is 5.26 Å². The molecule has 0 spiro atoms. The summed E-state index contributed by atoms with van der Waals surface area (Å²) in [4.78, 5) is 0. The zero-order valence-electron chi connectivity index (χ0n) is 11.1. The van der Waals surface area contributed by atoms with Gasteiger partial charge in [0.2, 0.25) is 0 Å². The molecule has 0 atom stereocenters. The lowest BCUT2D eigenvalue weighted by atomic mass is 10.2. The highest BCUT2D eigenvalue weighted by Crippen LogP contribution is 2.36. The van der Waals surface area contributed by atoms with Crippen molar-refractivity contribution in [2.24, 2.45) is 0 Å². The fourth-order valence-corrected chi connectivity index (χ4v) is 2.27. The van der Waals surface area contributed by atoms with Crippen molar-refractivity contribution in [3.8, 4) is 23.3 Å². The maximum absolute atomic E-state index is 8.53. The van der Waals surface area contributed by atoms with E-state index in [1.54, 1.807) is 33.5 Å². The van der Waals surface area contributed by atoms with E-state index in [-0.39, 0.29) is 6.42 Å². The number of hydrogen-bond donors (Lipinski definition) is 1. The predicted molar refractivity (Wildman–Crippen MR) is 75.3 cm³/mol. The van der Waals surface area contributed by atoms with Gasteiger partial charge in [-0.3, -0.25) is 5.41 Å². The van der Waals surface area contributed by atoms with Crippen LogP contribution in [0, 0.1) is 16.7 Å². The van der Waals surface area contributed by atoms with Gasteiger partial charge >= 0.3 is 0 Å². The third kappa shape index (κ3) is 4.07. The number of hydrogen-bond acceptors (Lipinski definition) is 6. The average molecular weight is 280 g/mol. The first-order valence-electron chi connectivity index (χ1n) is 5.52. The van der Waals surface area contributed by atoms with E-state index < -0.39 is 0 Å². The van der Waals surface area contributed by atoms with Gasteiger partial charge in [0.1, 0.15) is 17.2 Å². The molecule has 5 nitrogen and oxygen atoms in total. The zero-order chi connectivity index (χ0) is 14.3. The maximum Gasteiger partial charge on any atom is 0.130 e. The van der Waals surface area contributed by atoms with E-state index in [1.165, 1.54) is 11.8 Å². The van der Waals surface area contributed by atoms with Crippen LogP contribution in [-0.4, -0.2) is 26.4 Å². The number of thioether (sulfide) groups is 1. The number of nitriles is 1. The number of methoxy groups -OCH3 is 3. The van der Waals surface area contributed by atoms with Crippen LogP contribution in [0.3, 0.4) is 0 Å². The van der Waals surface area contributed by atoms with Crippen molar-refractivity contribution in [2.75, 3.05) is 21.3 Å². The van der Waals surface area contributed by atoms with Crippen molar-refractivity contribution in [3.63, 3.8) is 0 Å². The first-order chi connectivity index (χ1) is 9.15. The van der Waals surface area contributed by atoms with Crippen LogP contribution in [0.2, 0.25) is 0 Å². The van der Waals surface area contributed by atoms with Crippen LogP contribution in [0.4, 0.5) is 0 Å². The molecular weight excluding hydrogens is 264 g/mol. The number of benzene rings is 1. The van der Waals surface area contributed by atoms with Gasteiger partial charge in [0.05, 0.1) is 38.9 Å². The third-order valence-corrected chi connectivity index (χ3v) is 3.37. The van der Waals surface area contributed by atoms with E-state index in [2.05, 4.69) is 0 Å². The van der Waals surface area contributed by atoms with Crippen LogP contribution in [0.1, 0.15) is 12.0 Å².